The van der Waals surface area contributed by atoms with E-state index in [4.69, 9.17) is 4.74 Å². The first-order valence-corrected chi connectivity index (χ1v) is 7.71. The van der Waals surface area contributed by atoms with E-state index in [1.807, 2.05) is 6.07 Å². The Kier molecular flexibility index (Phi) is 4.14. The summed E-state index contributed by atoms with van der Waals surface area (Å²) in [5.41, 5.74) is 2.94. The molecule has 1 aromatic rings. The Bertz CT molecular complexity index is 565. The molecule has 0 aromatic heterocycles. The number of aliphatic hydroxyl groups is 1. The summed E-state index contributed by atoms with van der Waals surface area (Å²) < 4.78 is 5.95. The van der Waals surface area contributed by atoms with Crippen LogP contribution in [0.4, 0.5) is 0 Å². The van der Waals surface area contributed by atoms with Gasteiger partial charge in [-0.1, -0.05) is 6.07 Å². The molecule has 0 bridgehead atoms. The van der Waals surface area contributed by atoms with E-state index in [0.29, 0.717) is 24.0 Å². The molecule has 0 radical (unpaired) electrons. The molecule has 2 atom stereocenters. The summed E-state index contributed by atoms with van der Waals surface area (Å²) >= 11 is 0. The van der Waals surface area contributed by atoms with Gasteiger partial charge in [-0.2, -0.15) is 5.26 Å². The molecule has 112 valence electrons. The molecular weight excluding hydrogens is 264 g/mol. The third-order valence-electron chi connectivity index (χ3n) is 4.85. The number of likely N-dealkylation sites (tertiary alicyclic amines) is 1. The highest BCUT2D eigenvalue weighted by Crippen LogP contribution is 2.34. The van der Waals surface area contributed by atoms with Crippen molar-refractivity contribution in [2.24, 2.45) is 5.92 Å². The van der Waals surface area contributed by atoms with Crippen molar-refractivity contribution < 1.29 is 9.84 Å². The van der Waals surface area contributed by atoms with Crippen LogP contribution in [0.2, 0.25) is 0 Å². The summed E-state index contributed by atoms with van der Waals surface area (Å²) in [6, 6.07) is 6.74. The summed E-state index contributed by atoms with van der Waals surface area (Å²) in [5.74, 6) is 0.957. The fourth-order valence-corrected chi connectivity index (χ4v) is 3.51. The number of fused-ring (bicyclic) bond motifs is 1. The number of ether oxygens (including phenoxy) is 1. The molecule has 4 heteroatoms. The van der Waals surface area contributed by atoms with Gasteiger partial charge in [0.15, 0.2) is 0 Å². The first-order chi connectivity index (χ1) is 10.2. The van der Waals surface area contributed by atoms with Crippen LogP contribution in [0.3, 0.4) is 0 Å². The number of benzene rings is 1. The number of rotatable bonds is 4. The Morgan fingerprint density at radius 2 is 2.29 bits per heavy atom. The maximum Gasteiger partial charge on any atom is 0.137 e. The lowest BCUT2D eigenvalue weighted by Crippen LogP contribution is -2.30. The van der Waals surface area contributed by atoms with Crippen LogP contribution in [0.1, 0.15) is 29.5 Å². The molecule has 2 unspecified atom stereocenters. The highest BCUT2D eigenvalue weighted by molar-refractivity contribution is 5.54. The van der Waals surface area contributed by atoms with Gasteiger partial charge in [-0.15, -0.1) is 0 Å². The summed E-state index contributed by atoms with van der Waals surface area (Å²) in [4.78, 5) is 2.32. The third kappa shape index (κ3) is 2.76. The number of nitrogens with zero attached hydrogens (tertiary/aromatic N) is 2. The second-order valence-corrected chi connectivity index (χ2v) is 6.23. The normalized spacial score (nSPS) is 24.8. The average Bonchev–Trinajstić information content (AvgIpc) is 3.10. The van der Waals surface area contributed by atoms with E-state index in [1.54, 1.807) is 0 Å². The summed E-state index contributed by atoms with van der Waals surface area (Å²) in [6.07, 6.45) is 4.04. The third-order valence-corrected chi connectivity index (χ3v) is 4.85. The number of nitriles is 1. The summed E-state index contributed by atoms with van der Waals surface area (Å²) in [5, 5.41) is 18.8. The second kappa shape index (κ2) is 6.05. The average molecular weight is 286 g/mol. The molecule has 21 heavy (non-hydrogen) atoms. The molecule has 1 N–H and O–H groups in total. The Labute approximate surface area is 125 Å². The van der Waals surface area contributed by atoms with E-state index in [9.17, 15) is 10.4 Å². The second-order valence-electron chi connectivity index (χ2n) is 6.23. The van der Waals surface area contributed by atoms with E-state index in [2.05, 4.69) is 24.1 Å². The lowest BCUT2D eigenvalue weighted by Gasteiger charge is -2.20. The SMILES string of the molecule is CN1CCCC1COc1ccc2c(c1C#N)CC(CO)C2. The van der Waals surface area contributed by atoms with Crippen molar-refractivity contribution in [2.75, 3.05) is 26.8 Å². The van der Waals surface area contributed by atoms with E-state index >= 15 is 0 Å². The largest absolute Gasteiger partial charge is 0.491 e. The maximum atomic E-state index is 9.48. The first kappa shape index (κ1) is 14.4. The van der Waals surface area contributed by atoms with Gasteiger partial charge in [0.05, 0.1) is 5.56 Å². The van der Waals surface area contributed by atoms with Gasteiger partial charge in [-0.3, -0.25) is 0 Å². The molecule has 1 aromatic carbocycles. The molecule has 2 aliphatic rings. The Hall–Kier alpha value is -1.57. The lowest BCUT2D eigenvalue weighted by atomic mass is 10.0. The van der Waals surface area contributed by atoms with Gasteiger partial charge < -0.3 is 14.7 Å². The Morgan fingerprint density at radius 3 is 2.95 bits per heavy atom. The number of hydrogen-bond acceptors (Lipinski definition) is 4. The fraction of sp³-hybridized carbons (Fsp3) is 0.588. The van der Waals surface area contributed by atoms with Gasteiger partial charge in [0, 0.05) is 12.6 Å². The molecule has 1 saturated heterocycles. The summed E-state index contributed by atoms with van der Waals surface area (Å²) in [6.45, 7) is 1.96. The van der Waals surface area contributed by atoms with E-state index in [0.717, 1.165) is 31.4 Å². The van der Waals surface area contributed by atoms with Crippen molar-refractivity contribution in [3.63, 3.8) is 0 Å². The molecule has 1 aliphatic heterocycles. The van der Waals surface area contributed by atoms with Gasteiger partial charge in [0.2, 0.25) is 0 Å². The van der Waals surface area contributed by atoms with Crippen molar-refractivity contribution >= 4 is 0 Å². The lowest BCUT2D eigenvalue weighted by molar-refractivity contribution is 0.198. The van der Waals surface area contributed by atoms with Gasteiger partial charge in [0.1, 0.15) is 18.4 Å². The zero-order valence-corrected chi connectivity index (χ0v) is 12.5. The first-order valence-electron chi connectivity index (χ1n) is 7.71. The standard InChI is InChI=1S/C17H22N2O2/c1-19-6-2-3-14(19)11-21-17-5-4-13-7-12(10-20)8-15(13)16(17)9-18/h4-5,12,14,20H,2-3,6-8,10-11H2,1H3. The Balaban J connectivity index is 1.76. The minimum absolute atomic E-state index is 0.183. The maximum absolute atomic E-state index is 9.48. The van der Waals surface area contributed by atoms with Crippen LogP contribution in [0.25, 0.3) is 0 Å². The molecule has 1 aliphatic carbocycles. The number of likely N-dealkylation sites (N-methyl/N-ethyl adjacent to an activating group) is 1. The van der Waals surface area contributed by atoms with Gasteiger partial charge >= 0.3 is 0 Å². The molecule has 4 nitrogen and oxygen atoms in total. The minimum Gasteiger partial charge on any atom is -0.491 e. The van der Waals surface area contributed by atoms with Crippen molar-refractivity contribution in [2.45, 2.75) is 31.7 Å². The highest BCUT2D eigenvalue weighted by atomic mass is 16.5. The van der Waals surface area contributed by atoms with Crippen LogP contribution in [0, 0.1) is 17.2 Å². The molecule has 0 amide bonds. The quantitative estimate of drug-likeness (QED) is 0.916. The van der Waals surface area contributed by atoms with Crippen LogP contribution in [0.5, 0.6) is 5.75 Å². The van der Waals surface area contributed by atoms with Crippen molar-refractivity contribution in [1.82, 2.24) is 4.90 Å². The molecule has 1 heterocycles. The van der Waals surface area contributed by atoms with Crippen molar-refractivity contribution in [3.8, 4) is 11.8 Å². The summed E-state index contributed by atoms with van der Waals surface area (Å²) in [7, 11) is 2.13. The number of aliphatic hydroxyl groups excluding tert-OH is 1. The van der Waals surface area contributed by atoms with E-state index in [-0.39, 0.29) is 12.5 Å². The smallest absolute Gasteiger partial charge is 0.137 e. The predicted molar refractivity (Wildman–Crippen MR) is 80.3 cm³/mol. The highest BCUT2D eigenvalue weighted by Gasteiger charge is 2.26. The topological polar surface area (TPSA) is 56.5 Å². The van der Waals surface area contributed by atoms with Crippen LogP contribution in [0.15, 0.2) is 12.1 Å². The van der Waals surface area contributed by atoms with Crippen molar-refractivity contribution in [1.29, 1.82) is 5.26 Å². The van der Waals surface area contributed by atoms with Crippen molar-refractivity contribution in [3.05, 3.63) is 28.8 Å². The molecule has 1 fully saturated rings. The van der Waals surface area contributed by atoms with Gasteiger partial charge in [0.25, 0.3) is 0 Å². The van der Waals surface area contributed by atoms with Crippen LogP contribution in [-0.4, -0.2) is 42.9 Å². The molecule has 0 spiro atoms. The zero-order valence-electron chi connectivity index (χ0n) is 12.5. The monoisotopic (exact) mass is 286 g/mol. The van der Waals surface area contributed by atoms with Gasteiger partial charge in [-0.25, -0.2) is 0 Å². The Morgan fingerprint density at radius 1 is 1.43 bits per heavy atom. The van der Waals surface area contributed by atoms with Gasteiger partial charge in [-0.05, 0) is 62.4 Å². The number of hydrogen-bond donors (Lipinski definition) is 1. The van der Waals surface area contributed by atoms with E-state index in [1.165, 1.54) is 12.0 Å². The van der Waals surface area contributed by atoms with Crippen LogP contribution in [-0.2, 0) is 12.8 Å². The van der Waals surface area contributed by atoms with Crippen LogP contribution < -0.4 is 4.74 Å². The predicted octanol–water partition coefficient (Wildman–Crippen LogP) is 1.74. The molecule has 3 rings (SSSR count). The fourth-order valence-electron chi connectivity index (χ4n) is 3.51. The molecule has 0 saturated carbocycles. The minimum atomic E-state index is 0.183. The molecular formula is C17H22N2O2. The zero-order chi connectivity index (χ0) is 14.8. The van der Waals surface area contributed by atoms with E-state index < -0.39 is 0 Å². The van der Waals surface area contributed by atoms with Crippen LogP contribution >= 0.6 is 0 Å².